The number of benzene rings is 1. The molecule has 22 heavy (non-hydrogen) atoms. The molecule has 2 aromatic rings. The van der Waals surface area contributed by atoms with Crippen LogP contribution in [0.3, 0.4) is 0 Å². The minimum atomic E-state index is -0.0772. The van der Waals surface area contributed by atoms with Crippen molar-refractivity contribution in [3.63, 3.8) is 0 Å². The largest absolute Gasteiger partial charge is 0.352 e. The number of hydrogen-bond donors (Lipinski definition) is 1. The highest BCUT2D eigenvalue weighted by Crippen LogP contribution is 2.32. The fourth-order valence-electron chi connectivity index (χ4n) is 2.80. The smallest absolute Gasteiger partial charge is 0.277 e. The maximum absolute atomic E-state index is 12.9. The molecule has 1 amide bonds. The van der Waals surface area contributed by atoms with Gasteiger partial charge in [-0.05, 0) is 44.9 Å². The first-order valence-electron chi connectivity index (χ1n) is 7.57. The number of carbonyl (C=O) groups is 1. The standard InChI is InChI=1S/C17H20N4O/c1-11(2)19-17-18-9-8-14(20-17)16(22)21-12(3)10-13-6-4-5-7-15(13)21/h4-9,11-12H,10H2,1-3H3,(H,18,19,20). The Morgan fingerprint density at radius 1 is 1.32 bits per heavy atom. The summed E-state index contributed by atoms with van der Waals surface area (Å²) in [4.78, 5) is 23.2. The van der Waals surface area contributed by atoms with Gasteiger partial charge in [-0.25, -0.2) is 9.97 Å². The van der Waals surface area contributed by atoms with Crippen LogP contribution >= 0.6 is 0 Å². The van der Waals surface area contributed by atoms with E-state index in [0.29, 0.717) is 11.6 Å². The summed E-state index contributed by atoms with van der Waals surface area (Å²) < 4.78 is 0. The molecule has 5 heteroatoms. The van der Waals surface area contributed by atoms with Crippen LogP contribution in [0.4, 0.5) is 11.6 Å². The molecule has 1 aromatic heterocycles. The van der Waals surface area contributed by atoms with E-state index in [2.05, 4.69) is 28.3 Å². The first-order valence-corrected chi connectivity index (χ1v) is 7.57. The van der Waals surface area contributed by atoms with E-state index in [1.54, 1.807) is 12.3 Å². The summed E-state index contributed by atoms with van der Waals surface area (Å²) in [5.41, 5.74) is 2.61. The van der Waals surface area contributed by atoms with Crippen LogP contribution < -0.4 is 10.2 Å². The van der Waals surface area contributed by atoms with Gasteiger partial charge >= 0.3 is 0 Å². The molecule has 1 N–H and O–H groups in total. The number of aromatic nitrogens is 2. The Bertz CT molecular complexity index is 699. The third kappa shape index (κ3) is 2.66. The highest BCUT2D eigenvalue weighted by Gasteiger charge is 2.31. The lowest BCUT2D eigenvalue weighted by molar-refractivity contribution is 0.0976. The van der Waals surface area contributed by atoms with Crippen LogP contribution in [0.1, 0.15) is 36.8 Å². The van der Waals surface area contributed by atoms with Gasteiger partial charge in [0.1, 0.15) is 5.69 Å². The second kappa shape index (κ2) is 5.75. The van der Waals surface area contributed by atoms with Crippen molar-refractivity contribution < 1.29 is 4.79 Å². The molecular weight excluding hydrogens is 276 g/mol. The highest BCUT2D eigenvalue weighted by molar-refractivity contribution is 6.06. The minimum Gasteiger partial charge on any atom is -0.352 e. The predicted octanol–water partition coefficient (Wildman–Crippen LogP) is 2.89. The Morgan fingerprint density at radius 3 is 2.86 bits per heavy atom. The Kier molecular flexibility index (Phi) is 3.79. The molecule has 1 aliphatic heterocycles. The van der Waals surface area contributed by atoms with Crippen LogP contribution in [0.25, 0.3) is 0 Å². The van der Waals surface area contributed by atoms with Crippen molar-refractivity contribution in [1.29, 1.82) is 0 Å². The van der Waals surface area contributed by atoms with Gasteiger partial charge in [0.25, 0.3) is 5.91 Å². The van der Waals surface area contributed by atoms with Crippen LogP contribution in [0.15, 0.2) is 36.5 Å². The summed E-state index contributed by atoms with van der Waals surface area (Å²) in [5, 5.41) is 3.13. The molecule has 0 radical (unpaired) electrons. The van der Waals surface area contributed by atoms with Gasteiger partial charge in [0.05, 0.1) is 0 Å². The predicted molar refractivity (Wildman–Crippen MR) is 87.2 cm³/mol. The van der Waals surface area contributed by atoms with Gasteiger partial charge in [-0.3, -0.25) is 4.79 Å². The van der Waals surface area contributed by atoms with Crippen molar-refractivity contribution in [2.24, 2.45) is 0 Å². The zero-order chi connectivity index (χ0) is 15.7. The van der Waals surface area contributed by atoms with Crippen LogP contribution in [-0.4, -0.2) is 28.0 Å². The Morgan fingerprint density at radius 2 is 2.09 bits per heavy atom. The summed E-state index contributed by atoms with van der Waals surface area (Å²) in [7, 11) is 0. The highest BCUT2D eigenvalue weighted by atomic mass is 16.2. The number of nitrogens with one attached hydrogen (secondary N) is 1. The van der Waals surface area contributed by atoms with E-state index in [1.807, 2.05) is 36.9 Å². The number of hydrogen-bond acceptors (Lipinski definition) is 4. The molecular formula is C17H20N4O. The van der Waals surface area contributed by atoms with Crippen LogP contribution in [0.5, 0.6) is 0 Å². The molecule has 1 aliphatic rings. The zero-order valence-corrected chi connectivity index (χ0v) is 13.1. The van der Waals surface area contributed by atoms with Crippen molar-refractivity contribution >= 4 is 17.5 Å². The summed E-state index contributed by atoms with van der Waals surface area (Å²) in [6, 6.07) is 10.1. The number of fused-ring (bicyclic) bond motifs is 1. The number of anilines is 2. The molecule has 0 saturated heterocycles. The van der Waals surface area contributed by atoms with Crippen LogP contribution in [-0.2, 0) is 6.42 Å². The van der Waals surface area contributed by atoms with Gasteiger partial charge in [0.2, 0.25) is 5.95 Å². The quantitative estimate of drug-likeness (QED) is 0.946. The molecule has 0 spiro atoms. The second-order valence-electron chi connectivity index (χ2n) is 5.92. The zero-order valence-electron chi connectivity index (χ0n) is 13.1. The van der Waals surface area contributed by atoms with Gasteiger partial charge in [0.15, 0.2) is 0 Å². The summed E-state index contributed by atoms with van der Waals surface area (Å²) in [6.07, 6.45) is 2.50. The lowest BCUT2D eigenvalue weighted by Crippen LogP contribution is -2.36. The molecule has 2 heterocycles. The number of rotatable bonds is 3. The SMILES string of the molecule is CC(C)Nc1nccc(C(=O)N2c3ccccc3CC2C)n1. The summed E-state index contributed by atoms with van der Waals surface area (Å²) >= 11 is 0. The number of carbonyl (C=O) groups excluding carboxylic acids is 1. The molecule has 0 saturated carbocycles. The monoisotopic (exact) mass is 296 g/mol. The Hall–Kier alpha value is -2.43. The Balaban J connectivity index is 1.91. The van der Waals surface area contributed by atoms with E-state index in [1.165, 1.54) is 5.56 Å². The van der Waals surface area contributed by atoms with E-state index in [-0.39, 0.29) is 18.0 Å². The van der Waals surface area contributed by atoms with Gasteiger partial charge in [-0.2, -0.15) is 0 Å². The van der Waals surface area contributed by atoms with Crippen LogP contribution in [0, 0.1) is 0 Å². The minimum absolute atomic E-state index is 0.0772. The van der Waals surface area contributed by atoms with E-state index >= 15 is 0 Å². The number of para-hydroxylation sites is 1. The van der Waals surface area contributed by atoms with Gasteiger partial charge in [-0.15, -0.1) is 0 Å². The van der Waals surface area contributed by atoms with Crippen molar-refractivity contribution in [2.45, 2.75) is 39.3 Å². The van der Waals surface area contributed by atoms with Crippen molar-refractivity contribution in [1.82, 2.24) is 9.97 Å². The summed E-state index contributed by atoms with van der Waals surface area (Å²) in [6.45, 7) is 6.08. The summed E-state index contributed by atoms with van der Waals surface area (Å²) in [5.74, 6) is 0.410. The van der Waals surface area contributed by atoms with Gasteiger partial charge in [-0.1, -0.05) is 18.2 Å². The van der Waals surface area contributed by atoms with Crippen molar-refractivity contribution in [3.05, 3.63) is 47.8 Å². The maximum atomic E-state index is 12.9. The third-order valence-corrected chi connectivity index (χ3v) is 3.72. The first kappa shape index (κ1) is 14.5. The average molecular weight is 296 g/mol. The molecule has 0 aliphatic carbocycles. The average Bonchev–Trinajstić information content (AvgIpc) is 2.82. The maximum Gasteiger partial charge on any atom is 0.277 e. The molecule has 0 fully saturated rings. The molecule has 114 valence electrons. The Labute approximate surface area is 130 Å². The first-order chi connectivity index (χ1) is 10.6. The lowest BCUT2D eigenvalue weighted by Gasteiger charge is -2.22. The van der Waals surface area contributed by atoms with Gasteiger partial charge in [0, 0.05) is 24.0 Å². The number of amides is 1. The fourth-order valence-corrected chi connectivity index (χ4v) is 2.80. The fraction of sp³-hybridized carbons (Fsp3) is 0.353. The lowest BCUT2D eigenvalue weighted by atomic mass is 10.1. The van der Waals surface area contributed by atoms with Crippen LogP contribution in [0.2, 0.25) is 0 Å². The molecule has 3 rings (SSSR count). The normalized spacial score (nSPS) is 16.7. The molecule has 0 bridgehead atoms. The van der Waals surface area contributed by atoms with Crippen molar-refractivity contribution in [3.8, 4) is 0 Å². The molecule has 1 unspecified atom stereocenters. The van der Waals surface area contributed by atoms with Gasteiger partial charge < -0.3 is 10.2 Å². The van der Waals surface area contributed by atoms with E-state index in [9.17, 15) is 4.79 Å². The van der Waals surface area contributed by atoms with E-state index in [0.717, 1.165) is 12.1 Å². The molecule has 1 atom stereocenters. The van der Waals surface area contributed by atoms with E-state index in [4.69, 9.17) is 0 Å². The van der Waals surface area contributed by atoms with Crippen molar-refractivity contribution in [2.75, 3.05) is 10.2 Å². The molecule has 5 nitrogen and oxygen atoms in total. The van der Waals surface area contributed by atoms with E-state index < -0.39 is 0 Å². The molecule has 1 aromatic carbocycles. The number of nitrogens with zero attached hydrogens (tertiary/aromatic N) is 3. The topological polar surface area (TPSA) is 58.1 Å². The second-order valence-corrected chi connectivity index (χ2v) is 5.92. The third-order valence-electron chi connectivity index (χ3n) is 3.72.